The van der Waals surface area contributed by atoms with Gasteiger partial charge in [0, 0.05) is 6.04 Å². The Morgan fingerprint density at radius 2 is 1.89 bits per heavy atom. The molecule has 0 rings (SSSR count). The van der Waals surface area contributed by atoms with Crippen LogP contribution in [-0.4, -0.2) is 36.8 Å². The molecule has 0 aromatic rings. The molecular formula is C6H16ClNO. The van der Waals surface area contributed by atoms with Crippen LogP contribution in [0.3, 0.4) is 0 Å². The van der Waals surface area contributed by atoms with Crippen LogP contribution < -0.4 is 0 Å². The van der Waals surface area contributed by atoms with E-state index in [9.17, 15) is 0 Å². The molecule has 0 aliphatic heterocycles. The summed E-state index contributed by atoms with van der Waals surface area (Å²) in [6.07, 6.45) is 1.02. The van der Waals surface area contributed by atoms with Gasteiger partial charge in [0.2, 0.25) is 0 Å². The van der Waals surface area contributed by atoms with Gasteiger partial charge in [-0.1, -0.05) is 6.92 Å². The molecular weight excluding hydrogens is 138 g/mol. The van der Waals surface area contributed by atoms with Crippen LogP contribution in [0, 0.1) is 0 Å². The van der Waals surface area contributed by atoms with E-state index in [2.05, 4.69) is 6.92 Å². The van der Waals surface area contributed by atoms with Crippen molar-refractivity contribution in [3.05, 3.63) is 0 Å². The topological polar surface area (TPSA) is 23.5 Å². The Kier molecular flexibility index (Phi) is 8.40. The Balaban J connectivity index is 0. The summed E-state index contributed by atoms with van der Waals surface area (Å²) in [5, 5.41) is 8.65. The molecule has 2 nitrogen and oxygen atoms in total. The van der Waals surface area contributed by atoms with Gasteiger partial charge in [0.15, 0.2) is 0 Å². The first-order valence-corrected chi connectivity index (χ1v) is 2.99. The molecule has 0 radical (unpaired) electrons. The SMILES string of the molecule is CC[C@@H](CO)N(C)C.Cl. The highest BCUT2D eigenvalue weighted by Crippen LogP contribution is 1.95. The largest absolute Gasteiger partial charge is 0.395 e. The number of aliphatic hydroxyl groups is 1. The zero-order valence-corrected chi connectivity index (χ0v) is 7.11. The first-order chi connectivity index (χ1) is 3.72. The lowest BCUT2D eigenvalue weighted by Gasteiger charge is -2.19. The number of rotatable bonds is 3. The molecule has 0 saturated carbocycles. The minimum Gasteiger partial charge on any atom is -0.395 e. The third kappa shape index (κ3) is 4.70. The van der Waals surface area contributed by atoms with Crippen LogP contribution in [0.15, 0.2) is 0 Å². The molecule has 0 amide bonds. The molecule has 58 valence electrons. The fourth-order valence-electron chi connectivity index (χ4n) is 0.658. The maximum atomic E-state index is 8.65. The highest BCUT2D eigenvalue weighted by Gasteiger charge is 2.04. The third-order valence-electron chi connectivity index (χ3n) is 1.41. The second-order valence-corrected chi connectivity index (χ2v) is 2.21. The van der Waals surface area contributed by atoms with Crippen LogP contribution in [0.1, 0.15) is 13.3 Å². The van der Waals surface area contributed by atoms with Crippen LogP contribution in [0.5, 0.6) is 0 Å². The van der Waals surface area contributed by atoms with Gasteiger partial charge in [-0.15, -0.1) is 12.4 Å². The van der Waals surface area contributed by atoms with Crippen molar-refractivity contribution in [3.8, 4) is 0 Å². The molecule has 3 heteroatoms. The molecule has 1 atom stereocenters. The van der Waals surface area contributed by atoms with E-state index >= 15 is 0 Å². The van der Waals surface area contributed by atoms with E-state index in [4.69, 9.17) is 5.11 Å². The molecule has 0 aromatic heterocycles. The molecule has 0 unspecified atom stereocenters. The van der Waals surface area contributed by atoms with Gasteiger partial charge in [0.25, 0.3) is 0 Å². The second kappa shape index (κ2) is 6.33. The smallest absolute Gasteiger partial charge is 0.0586 e. The van der Waals surface area contributed by atoms with Crippen molar-refractivity contribution in [2.75, 3.05) is 20.7 Å². The molecule has 0 bridgehead atoms. The second-order valence-electron chi connectivity index (χ2n) is 2.21. The van der Waals surface area contributed by atoms with E-state index in [1.165, 1.54) is 0 Å². The van der Waals surface area contributed by atoms with Gasteiger partial charge in [-0.05, 0) is 20.5 Å². The Labute approximate surface area is 63.3 Å². The zero-order valence-electron chi connectivity index (χ0n) is 6.29. The lowest BCUT2D eigenvalue weighted by atomic mass is 10.2. The normalized spacial score (nSPS) is 13.0. The molecule has 0 saturated heterocycles. The first kappa shape index (κ1) is 11.9. The predicted octanol–water partition coefficient (Wildman–Crippen LogP) is 0.741. The van der Waals surface area contributed by atoms with Crippen molar-refractivity contribution in [1.82, 2.24) is 4.90 Å². The molecule has 0 aliphatic rings. The van der Waals surface area contributed by atoms with Gasteiger partial charge in [-0.3, -0.25) is 0 Å². The van der Waals surface area contributed by atoms with Gasteiger partial charge < -0.3 is 10.0 Å². The highest BCUT2D eigenvalue weighted by molar-refractivity contribution is 5.85. The van der Waals surface area contributed by atoms with Crippen LogP contribution >= 0.6 is 12.4 Å². The zero-order chi connectivity index (χ0) is 6.57. The van der Waals surface area contributed by atoms with E-state index in [0.29, 0.717) is 6.04 Å². The fraction of sp³-hybridized carbons (Fsp3) is 1.00. The van der Waals surface area contributed by atoms with Crippen LogP contribution in [0.4, 0.5) is 0 Å². The van der Waals surface area contributed by atoms with E-state index in [0.717, 1.165) is 6.42 Å². The molecule has 1 N–H and O–H groups in total. The van der Waals surface area contributed by atoms with Crippen LogP contribution in [-0.2, 0) is 0 Å². The minimum atomic E-state index is 0. The van der Waals surface area contributed by atoms with Gasteiger partial charge in [-0.2, -0.15) is 0 Å². The Hall–Kier alpha value is 0.210. The summed E-state index contributed by atoms with van der Waals surface area (Å²) in [7, 11) is 3.95. The number of hydrogen-bond acceptors (Lipinski definition) is 2. The standard InChI is InChI=1S/C6H15NO.ClH/c1-4-6(5-8)7(2)3;/h6,8H,4-5H2,1-3H3;1H/t6-;/m0./s1. The maximum Gasteiger partial charge on any atom is 0.0586 e. The van der Waals surface area contributed by atoms with E-state index in [1.54, 1.807) is 0 Å². The van der Waals surface area contributed by atoms with Crippen molar-refractivity contribution >= 4 is 12.4 Å². The van der Waals surface area contributed by atoms with Crippen LogP contribution in [0.25, 0.3) is 0 Å². The Morgan fingerprint density at radius 1 is 1.44 bits per heavy atom. The number of nitrogens with zero attached hydrogens (tertiary/aromatic N) is 1. The van der Waals surface area contributed by atoms with Crippen molar-refractivity contribution in [2.24, 2.45) is 0 Å². The molecule has 0 fully saturated rings. The monoisotopic (exact) mass is 153 g/mol. The summed E-state index contributed by atoms with van der Waals surface area (Å²) >= 11 is 0. The van der Waals surface area contributed by atoms with Gasteiger partial charge >= 0.3 is 0 Å². The summed E-state index contributed by atoms with van der Waals surface area (Å²) in [4.78, 5) is 2.03. The fourth-order valence-corrected chi connectivity index (χ4v) is 0.658. The Morgan fingerprint density at radius 3 is 1.89 bits per heavy atom. The highest BCUT2D eigenvalue weighted by atomic mass is 35.5. The van der Waals surface area contributed by atoms with E-state index in [1.807, 2.05) is 19.0 Å². The summed E-state index contributed by atoms with van der Waals surface area (Å²) in [6, 6.07) is 0.343. The summed E-state index contributed by atoms with van der Waals surface area (Å²) in [5.41, 5.74) is 0. The summed E-state index contributed by atoms with van der Waals surface area (Å²) in [6.45, 7) is 2.34. The molecule has 0 aliphatic carbocycles. The summed E-state index contributed by atoms with van der Waals surface area (Å²) in [5.74, 6) is 0. The van der Waals surface area contributed by atoms with E-state index in [-0.39, 0.29) is 19.0 Å². The average molecular weight is 154 g/mol. The minimum absolute atomic E-state index is 0. The van der Waals surface area contributed by atoms with Crippen molar-refractivity contribution in [1.29, 1.82) is 0 Å². The number of aliphatic hydroxyl groups excluding tert-OH is 1. The molecule has 0 spiro atoms. The van der Waals surface area contributed by atoms with Gasteiger partial charge in [0.05, 0.1) is 6.61 Å². The number of likely N-dealkylation sites (N-methyl/N-ethyl adjacent to an activating group) is 1. The average Bonchev–Trinajstić information content (AvgIpc) is 1.69. The predicted molar refractivity (Wildman–Crippen MR) is 42.1 cm³/mol. The quantitative estimate of drug-likeness (QED) is 0.647. The number of hydrogen-bond donors (Lipinski definition) is 1. The van der Waals surface area contributed by atoms with Crippen molar-refractivity contribution in [2.45, 2.75) is 19.4 Å². The van der Waals surface area contributed by atoms with Crippen molar-refractivity contribution < 1.29 is 5.11 Å². The summed E-state index contributed by atoms with van der Waals surface area (Å²) < 4.78 is 0. The molecule has 0 heterocycles. The third-order valence-corrected chi connectivity index (χ3v) is 1.41. The van der Waals surface area contributed by atoms with Gasteiger partial charge in [0.1, 0.15) is 0 Å². The first-order valence-electron chi connectivity index (χ1n) is 2.99. The maximum absolute atomic E-state index is 8.65. The lowest BCUT2D eigenvalue weighted by Crippen LogP contribution is -2.30. The lowest BCUT2D eigenvalue weighted by molar-refractivity contribution is 0.166. The Bertz CT molecular complexity index is 55.0. The van der Waals surface area contributed by atoms with Crippen LogP contribution in [0.2, 0.25) is 0 Å². The van der Waals surface area contributed by atoms with Crippen molar-refractivity contribution in [3.63, 3.8) is 0 Å². The number of halogens is 1. The van der Waals surface area contributed by atoms with Gasteiger partial charge in [-0.25, -0.2) is 0 Å². The van der Waals surface area contributed by atoms with E-state index < -0.39 is 0 Å². The molecule has 0 aromatic carbocycles. The molecule has 9 heavy (non-hydrogen) atoms.